The first kappa shape index (κ1) is 11.8. The van der Waals surface area contributed by atoms with Crippen molar-refractivity contribution in [3.05, 3.63) is 0 Å². The molecule has 0 aliphatic heterocycles. The maximum absolute atomic E-state index is 8.73. The van der Waals surface area contributed by atoms with Crippen LogP contribution in [-0.2, 0) is 0 Å². The Morgan fingerprint density at radius 3 is 2.75 bits per heavy atom. The van der Waals surface area contributed by atoms with E-state index in [2.05, 4.69) is 17.6 Å². The average Bonchev–Trinajstić information content (AvgIpc) is 2.10. The molecule has 0 aromatic heterocycles. The number of hydrogen-bond donors (Lipinski definition) is 4. The molecule has 0 saturated carbocycles. The van der Waals surface area contributed by atoms with Crippen molar-refractivity contribution in [2.45, 2.75) is 19.8 Å². The van der Waals surface area contributed by atoms with E-state index < -0.39 is 0 Å². The quantitative estimate of drug-likeness (QED) is 0.295. The van der Waals surface area contributed by atoms with Gasteiger partial charge in [-0.3, -0.25) is 5.32 Å². The van der Waals surface area contributed by atoms with Crippen molar-refractivity contribution in [3.8, 4) is 0 Å². The number of nitrogens with one attached hydrogen (secondary N) is 2. The SMILES string of the molecule is CC(CO)CCCNCNCN. The van der Waals surface area contributed by atoms with Crippen molar-refractivity contribution in [2.75, 3.05) is 26.5 Å². The molecule has 0 aromatic rings. The summed E-state index contributed by atoms with van der Waals surface area (Å²) in [5.74, 6) is 0.425. The summed E-state index contributed by atoms with van der Waals surface area (Å²) in [6, 6.07) is 0. The molecule has 0 aliphatic carbocycles. The number of rotatable bonds is 8. The topological polar surface area (TPSA) is 70.3 Å². The Balaban J connectivity index is 2.90. The third kappa shape index (κ3) is 7.94. The summed E-state index contributed by atoms with van der Waals surface area (Å²) in [5, 5.41) is 14.9. The fourth-order valence-electron chi connectivity index (χ4n) is 0.916. The van der Waals surface area contributed by atoms with Gasteiger partial charge in [-0.1, -0.05) is 6.92 Å². The molecule has 0 rings (SSSR count). The minimum absolute atomic E-state index is 0.293. The predicted molar refractivity (Wildman–Crippen MR) is 50.5 cm³/mol. The lowest BCUT2D eigenvalue weighted by molar-refractivity contribution is 0.228. The zero-order chi connectivity index (χ0) is 9.23. The molecule has 0 amide bonds. The Bertz CT molecular complexity index is 90.4. The van der Waals surface area contributed by atoms with E-state index in [-0.39, 0.29) is 0 Å². The number of aliphatic hydroxyl groups is 1. The molecular formula is C8H21N3O. The smallest absolute Gasteiger partial charge is 0.0464 e. The van der Waals surface area contributed by atoms with Crippen molar-refractivity contribution >= 4 is 0 Å². The lowest BCUT2D eigenvalue weighted by Crippen LogP contribution is -2.33. The van der Waals surface area contributed by atoms with Gasteiger partial charge in [0.05, 0.1) is 0 Å². The van der Waals surface area contributed by atoms with Crippen LogP contribution in [0, 0.1) is 5.92 Å². The van der Waals surface area contributed by atoms with Gasteiger partial charge < -0.3 is 16.2 Å². The third-order valence-corrected chi connectivity index (χ3v) is 1.76. The van der Waals surface area contributed by atoms with Crippen LogP contribution in [0.15, 0.2) is 0 Å². The molecule has 4 nitrogen and oxygen atoms in total. The summed E-state index contributed by atoms with van der Waals surface area (Å²) in [7, 11) is 0. The van der Waals surface area contributed by atoms with Crippen LogP contribution in [0.25, 0.3) is 0 Å². The molecule has 0 radical (unpaired) electrons. The van der Waals surface area contributed by atoms with E-state index in [0.717, 1.165) is 26.1 Å². The van der Waals surface area contributed by atoms with Crippen molar-refractivity contribution < 1.29 is 5.11 Å². The second-order valence-corrected chi connectivity index (χ2v) is 3.06. The first-order valence-corrected chi connectivity index (χ1v) is 4.53. The van der Waals surface area contributed by atoms with Gasteiger partial charge >= 0.3 is 0 Å². The normalized spacial score (nSPS) is 13.2. The monoisotopic (exact) mass is 175 g/mol. The van der Waals surface area contributed by atoms with Crippen LogP contribution in [0.2, 0.25) is 0 Å². The lowest BCUT2D eigenvalue weighted by atomic mass is 10.1. The van der Waals surface area contributed by atoms with E-state index in [9.17, 15) is 0 Å². The average molecular weight is 175 g/mol. The Morgan fingerprint density at radius 2 is 2.17 bits per heavy atom. The van der Waals surface area contributed by atoms with Crippen LogP contribution in [0.4, 0.5) is 0 Å². The van der Waals surface area contributed by atoms with Crippen LogP contribution < -0.4 is 16.4 Å². The standard InChI is InChI=1S/C8H21N3O/c1-8(5-12)3-2-4-10-7-11-6-9/h8,10-12H,2-7,9H2,1H3. The first-order valence-electron chi connectivity index (χ1n) is 4.53. The van der Waals surface area contributed by atoms with Gasteiger partial charge in [0.15, 0.2) is 0 Å². The minimum atomic E-state index is 0.293. The van der Waals surface area contributed by atoms with Gasteiger partial charge in [0.1, 0.15) is 0 Å². The molecule has 4 heteroatoms. The van der Waals surface area contributed by atoms with Crippen molar-refractivity contribution in [1.29, 1.82) is 0 Å². The fraction of sp³-hybridized carbons (Fsp3) is 1.00. The van der Waals surface area contributed by atoms with E-state index >= 15 is 0 Å². The molecule has 0 aromatic carbocycles. The minimum Gasteiger partial charge on any atom is -0.396 e. The van der Waals surface area contributed by atoms with Gasteiger partial charge in [0.25, 0.3) is 0 Å². The van der Waals surface area contributed by atoms with E-state index in [1.165, 1.54) is 0 Å². The Kier molecular flexibility index (Phi) is 8.81. The Labute approximate surface area is 74.5 Å². The third-order valence-electron chi connectivity index (χ3n) is 1.76. The molecule has 0 saturated heterocycles. The van der Waals surface area contributed by atoms with E-state index in [4.69, 9.17) is 10.8 Å². The molecule has 1 unspecified atom stereocenters. The summed E-state index contributed by atoms with van der Waals surface area (Å²) >= 11 is 0. The van der Waals surface area contributed by atoms with Gasteiger partial charge in [-0.2, -0.15) is 0 Å². The van der Waals surface area contributed by atoms with Crippen LogP contribution >= 0.6 is 0 Å². The summed E-state index contributed by atoms with van der Waals surface area (Å²) in [4.78, 5) is 0. The zero-order valence-electron chi connectivity index (χ0n) is 7.84. The van der Waals surface area contributed by atoms with Crippen LogP contribution in [0.5, 0.6) is 0 Å². The molecule has 12 heavy (non-hydrogen) atoms. The lowest BCUT2D eigenvalue weighted by Gasteiger charge is -2.08. The maximum Gasteiger partial charge on any atom is 0.0464 e. The van der Waals surface area contributed by atoms with Gasteiger partial charge in [-0.05, 0) is 25.3 Å². The number of aliphatic hydroxyl groups excluding tert-OH is 1. The maximum atomic E-state index is 8.73. The highest BCUT2D eigenvalue weighted by molar-refractivity contribution is 4.52. The van der Waals surface area contributed by atoms with Gasteiger partial charge in [-0.25, -0.2) is 0 Å². The largest absolute Gasteiger partial charge is 0.396 e. The fourth-order valence-corrected chi connectivity index (χ4v) is 0.916. The Hall–Kier alpha value is -0.160. The summed E-state index contributed by atoms with van der Waals surface area (Å²) in [6.45, 7) is 4.61. The van der Waals surface area contributed by atoms with Crippen LogP contribution in [0.3, 0.4) is 0 Å². The molecule has 1 atom stereocenters. The molecule has 0 spiro atoms. The molecule has 0 fully saturated rings. The van der Waals surface area contributed by atoms with Gasteiger partial charge in [0, 0.05) is 19.9 Å². The molecule has 0 heterocycles. The van der Waals surface area contributed by atoms with Gasteiger partial charge in [0.2, 0.25) is 0 Å². The highest BCUT2D eigenvalue weighted by Gasteiger charge is 1.97. The zero-order valence-corrected chi connectivity index (χ0v) is 7.84. The van der Waals surface area contributed by atoms with Crippen LogP contribution in [-0.4, -0.2) is 31.6 Å². The summed E-state index contributed by atoms with van der Waals surface area (Å²) < 4.78 is 0. The summed E-state index contributed by atoms with van der Waals surface area (Å²) in [5.41, 5.74) is 5.23. The highest BCUT2D eigenvalue weighted by Crippen LogP contribution is 2.02. The molecular weight excluding hydrogens is 154 g/mol. The first-order chi connectivity index (χ1) is 5.81. The van der Waals surface area contributed by atoms with Crippen molar-refractivity contribution in [3.63, 3.8) is 0 Å². The van der Waals surface area contributed by atoms with E-state index in [1.54, 1.807) is 0 Å². The van der Waals surface area contributed by atoms with E-state index in [1.807, 2.05) is 0 Å². The van der Waals surface area contributed by atoms with Crippen molar-refractivity contribution in [2.24, 2.45) is 11.7 Å². The Morgan fingerprint density at radius 1 is 1.42 bits per heavy atom. The number of nitrogens with two attached hydrogens (primary N) is 1. The van der Waals surface area contributed by atoms with E-state index in [0.29, 0.717) is 19.2 Å². The summed E-state index contributed by atoms with van der Waals surface area (Å²) in [6.07, 6.45) is 2.18. The molecule has 0 bridgehead atoms. The van der Waals surface area contributed by atoms with Crippen LogP contribution in [0.1, 0.15) is 19.8 Å². The van der Waals surface area contributed by atoms with Gasteiger partial charge in [-0.15, -0.1) is 0 Å². The molecule has 74 valence electrons. The molecule has 5 N–H and O–H groups in total. The predicted octanol–water partition coefficient (Wildman–Crippen LogP) is -0.552. The van der Waals surface area contributed by atoms with Crippen molar-refractivity contribution in [1.82, 2.24) is 10.6 Å². The second-order valence-electron chi connectivity index (χ2n) is 3.06. The molecule has 0 aliphatic rings. The number of hydrogen-bond acceptors (Lipinski definition) is 4. The second kappa shape index (κ2) is 8.93. The highest BCUT2D eigenvalue weighted by atomic mass is 16.3.